The molecule has 138 valence electrons. The van der Waals surface area contributed by atoms with Gasteiger partial charge in [-0.2, -0.15) is 0 Å². The Kier molecular flexibility index (Phi) is 5.27. The molecule has 1 N–H and O–H groups in total. The van der Waals surface area contributed by atoms with Crippen molar-refractivity contribution in [3.8, 4) is 0 Å². The minimum absolute atomic E-state index is 0.0360. The number of carbonyl (C=O) groups excluding carboxylic acids is 1. The maximum Gasteiger partial charge on any atom is 0.234 e. The topological polar surface area (TPSA) is 69.7 Å². The molecule has 0 aromatic heterocycles. The second-order valence-corrected chi connectivity index (χ2v) is 9.81. The molecule has 2 saturated heterocycles. The van der Waals surface area contributed by atoms with Crippen LogP contribution in [0.2, 0.25) is 5.02 Å². The fourth-order valence-electron chi connectivity index (χ4n) is 3.53. The molecule has 0 bridgehead atoms. The van der Waals surface area contributed by atoms with Crippen molar-refractivity contribution in [1.29, 1.82) is 0 Å². The molecule has 0 spiro atoms. The highest BCUT2D eigenvalue weighted by Crippen LogP contribution is 2.23. The normalized spacial score (nSPS) is 26.6. The summed E-state index contributed by atoms with van der Waals surface area (Å²) in [5.41, 5.74) is 0.471. The third kappa shape index (κ3) is 4.86. The summed E-state index contributed by atoms with van der Waals surface area (Å²) in [4.78, 5) is 16.7. The van der Waals surface area contributed by atoms with Crippen molar-refractivity contribution in [2.75, 3.05) is 49.1 Å². The number of hydrogen-bond donors (Lipinski definition) is 1. The lowest BCUT2D eigenvalue weighted by molar-refractivity contribution is -0.123. The first-order valence-corrected chi connectivity index (χ1v) is 10.7. The second-order valence-electron chi connectivity index (χ2n) is 7.19. The number of amides is 1. The molecule has 1 unspecified atom stereocenters. The third-order valence-corrected chi connectivity index (χ3v) is 7.00. The molecule has 2 heterocycles. The predicted octanol–water partition coefficient (Wildman–Crippen LogP) is 1.16. The maximum atomic E-state index is 12.3. The summed E-state index contributed by atoms with van der Waals surface area (Å²) in [7, 11) is -3.02. The zero-order chi connectivity index (χ0) is 18.1. The monoisotopic (exact) mass is 385 g/mol. The summed E-state index contributed by atoms with van der Waals surface area (Å²) in [6, 6.07) is 7.78. The van der Waals surface area contributed by atoms with Gasteiger partial charge in [-0.1, -0.05) is 17.7 Å². The summed E-state index contributed by atoms with van der Waals surface area (Å²) in [5.74, 6) is 0.0897. The molecule has 0 aliphatic carbocycles. The first kappa shape index (κ1) is 18.5. The van der Waals surface area contributed by atoms with Crippen LogP contribution in [-0.4, -0.2) is 69.0 Å². The van der Waals surface area contributed by atoms with Gasteiger partial charge in [0.1, 0.15) is 0 Å². The van der Waals surface area contributed by atoms with Crippen LogP contribution in [0.5, 0.6) is 0 Å². The van der Waals surface area contributed by atoms with Crippen molar-refractivity contribution in [2.45, 2.75) is 18.9 Å². The summed E-state index contributed by atoms with van der Waals surface area (Å²) in [5, 5.41) is 3.64. The molecule has 3 rings (SSSR count). The van der Waals surface area contributed by atoms with Crippen LogP contribution in [-0.2, 0) is 14.6 Å². The SMILES string of the molecule is CC1(NC(=O)CN2CCN(c3cccc(Cl)c3)CC2)CCS(=O)(=O)C1. The van der Waals surface area contributed by atoms with E-state index in [4.69, 9.17) is 11.6 Å². The summed E-state index contributed by atoms with van der Waals surface area (Å²) >= 11 is 6.04. The molecule has 25 heavy (non-hydrogen) atoms. The van der Waals surface area contributed by atoms with Crippen molar-refractivity contribution in [2.24, 2.45) is 0 Å². The molecule has 1 aromatic rings. The molecule has 2 fully saturated rings. The van der Waals surface area contributed by atoms with Crippen molar-refractivity contribution < 1.29 is 13.2 Å². The minimum atomic E-state index is -3.02. The van der Waals surface area contributed by atoms with Crippen LogP contribution >= 0.6 is 11.6 Å². The molecule has 8 heteroatoms. The van der Waals surface area contributed by atoms with E-state index in [0.717, 1.165) is 36.9 Å². The summed E-state index contributed by atoms with van der Waals surface area (Å²) in [6.45, 7) is 5.36. The maximum absolute atomic E-state index is 12.3. The van der Waals surface area contributed by atoms with E-state index < -0.39 is 15.4 Å². The van der Waals surface area contributed by atoms with Crippen molar-refractivity contribution in [3.63, 3.8) is 0 Å². The van der Waals surface area contributed by atoms with E-state index in [-0.39, 0.29) is 17.4 Å². The predicted molar refractivity (Wildman–Crippen MR) is 99.9 cm³/mol. The molecule has 2 aliphatic heterocycles. The van der Waals surface area contributed by atoms with E-state index in [0.29, 0.717) is 13.0 Å². The smallest absolute Gasteiger partial charge is 0.234 e. The molecule has 2 aliphatic rings. The van der Waals surface area contributed by atoms with Gasteiger partial charge in [-0.05, 0) is 31.5 Å². The highest BCUT2D eigenvalue weighted by atomic mass is 35.5. The van der Waals surface area contributed by atoms with Crippen LogP contribution in [0.3, 0.4) is 0 Å². The van der Waals surface area contributed by atoms with Crippen molar-refractivity contribution in [3.05, 3.63) is 29.3 Å². The van der Waals surface area contributed by atoms with Gasteiger partial charge in [0.05, 0.1) is 23.6 Å². The van der Waals surface area contributed by atoms with Gasteiger partial charge in [-0.25, -0.2) is 8.42 Å². The Morgan fingerprint density at radius 2 is 2.00 bits per heavy atom. The van der Waals surface area contributed by atoms with Gasteiger partial charge in [-0.3, -0.25) is 9.69 Å². The Morgan fingerprint density at radius 3 is 2.60 bits per heavy atom. The number of halogens is 1. The lowest BCUT2D eigenvalue weighted by Gasteiger charge is -2.36. The van der Waals surface area contributed by atoms with Gasteiger partial charge in [0.25, 0.3) is 0 Å². The fourth-order valence-corrected chi connectivity index (χ4v) is 5.80. The number of anilines is 1. The average Bonchev–Trinajstić information content (AvgIpc) is 2.81. The van der Waals surface area contributed by atoms with Crippen LogP contribution in [0.1, 0.15) is 13.3 Å². The zero-order valence-corrected chi connectivity index (χ0v) is 15.9. The number of piperazine rings is 1. The highest BCUT2D eigenvalue weighted by Gasteiger charge is 2.39. The van der Waals surface area contributed by atoms with Gasteiger partial charge in [0.2, 0.25) is 5.91 Å². The Balaban J connectivity index is 1.48. The summed E-state index contributed by atoms with van der Waals surface area (Å²) in [6.07, 6.45) is 0.490. The summed E-state index contributed by atoms with van der Waals surface area (Å²) < 4.78 is 23.3. The highest BCUT2D eigenvalue weighted by molar-refractivity contribution is 7.91. The van der Waals surface area contributed by atoms with E-state index in [1.54, 1.807) is 0 Å². The lowest BCUT2D eigenvalue weighted by atomic mass is 10.0. The van der Waals surface area contributed by atoms with E-state index in [1.165, 1.54) is 0 Å². The van der Waals surface area contributed by atoms with Crippen LogP contribution in [0, 0.1) is 0 Å². The molecule has 1 aromatic carbocycles. The Bertz CT molecular complexity index is 747. The number of sulfone groups is 1. The van der Waals surface area contributed by atoms with Crippen molar-refractivity contribution >= 4 is 33.0 Å². The standard InChI is InChI=1S/C17H24ClN3O3S/c1-17(5-10-25(23,24)13-17)19-16(22)12-20-6-8-21(9-7-20)15-4-2-3-14(18)11-15/h2-4,11H,5-10,12-13H2,1H3,(H,19,22). The van der Waals surface area contributed by atoms with Gasteiger partial charge in [-0.15, -0.1) is 0 Å². The number of rotatable bonds is 4. The van der Waals surface area contributed by atoms with Gasteiger partial charge < -0.3 is 10.2 Å². The van der Waals surface area contributed by atoms with E-state index in [9.17, 15) is 13.2 Å². The van der Waals surface area contributed by atoms with E-state index in [1.807, 2.05) is 31.2 Å². The van der Waals surface area contributed by atoms with Crippen LogP contribution in [0.25, 0.3) is 0 Å². The first-order chi connectivity index (χ1) is 11.7. The van der Waals surface area contributed by atoms with Gasteiger partial charge in [0.15, 0.2) is 9.84 Å². The largest absolute Gasteiger partial charge is 0.369 e. The number of hydrogen-bond acceptors (Lipinski definition) is 5. The quantitative estimate of drug-likeness (QED) is 0.842. The zero-order valence-electron chi connectivity index (χ0n) is 14.4. The number of nitrogens with zero attached hydrogens (tertiary/aromatic N) is 2. The first-order valence-electron chi connectivity index (χ1n) is 8.49. The molecule has 0 saturated carbocycles. The molecule has 1 amide bonds. The van der Waals surface area contributed by atoms with Crippen LogP contribution in [0.4, 0.5) is 5.69 Å². The van der Waals surface area contributed by atoms with Crippen LogP contribution in [0.15, 0.2) is 24.3 Å². The molecule has 0 radical (unpaired) electrons. The molecular formula is C17H24ClN3O3S. The Morgan fingerprint density at radius 1 is 1.28 bits per heavy atom. The van der Waals surface area contributed by atoms with Crippen molar-refractivity contribution in [1.82, 2.24) is 10.2 Å². The third-order valence-electron chi connectivity index (χ3n) is 4.86. The molecule has 6 nitrogen and oxygen atoms in total. The average molecular weight is 386 g/mol. The lowest BCUT2D eigenvalue weighted by Crippen LogP contribution is -2.53. The molecular weight excluding hydrogens is 362 g/mol. The number of nitrogens with one attached hydrogen (secondary N) is 1. The van der Waals surface area contributed by atoms with Gasteiger partial charge in [0, 0.05) is 36.9 Å². The second kappa shape index (κ2) is 7.13. The molecule has 1 atom stereocenters. The van der Waals surface area contributed by atoms with Gasteiger partial charge >= 0.3 is 0 Å². The number of carbonyl (C=O) groups is 1. The fraction of sp³-hybridized carbons (Fsp3) is 0.588. The Hall–Kier alpha value is -1.31. The Labute approximate surface area is 154 Å². The van der Waals surface area contributed by atoms with E-state index >= 15 is 0 Å². The van der Waals surface area contributed by atoms with Crippen LogP contribution < -0.4 is 10.2 Å². The number of benzene rings is 1. The minimum Gasteiger partial charge on any atom is -0.369 e. The van der Waals surface area contributed by atoms with E-state index in [2.05, 4.69) is 15.1 Å².